The number of aromatic amines is 1. The van der Waals surface area contributed by atoms with Gasteiger partial charge in [0, 0.05) is 48.3 Å². The first-order valence-corrected chi connectivity index (χ1v) is 9.93. The molecular formula is C23H26N2O4. The number of carbonyl (C=O) groups excluding carboxylic acids is 1. The lowest BCUT2D eigenvalue weighted by atomic mass is 9.84. The Labute approximate surface area is 169 Å². The molecule has 4 rings (SSSR count). The number of H-pyrrole nitrogens is 1. The molecule has 0 spiro atoms. The van der Waals surface area contributed by atoms with Crippen molar-refractivity contribution in [2.75, 3.05) is 19.7 Å². The molecule has 3 aromatic rings. The van der Waals surface area contributed by atoms with Crippen molar-refractivity contribution >= 4 is 16.9 Å². The Morgan fingerprint density at radius 2 is 2.14 bits per heavy atom. The maximum absolute atomic E-state index is 13.2. The molecule has 0 saturated carbocycles. The third-order valence-electron chi connectivity index (χ3n) is 5.67. The van der Waals surface area contributed by atoms with Gasteiger partial charge in [-0.1, -0.05) is 20.8 Å². The highest BCUT2D eigenvalue weighted by Crippen LogP contribution is 2.37. The van der Waals surface area contributed by atoms with Crippen LogP contribution >= 0.6 is 0 Å². The number of amides is 1. The zero-order valence-corrected chi connectivity index (χ0v) is 17.0. The molecule has 6 heteroatoms. The number of likely N-dealkylation sites (tertiary alicyclic amines) is 1. The average molecular weight is 394 g/mol. The molecule has 2 N–H and O–H groups in total. The van der Waals surface area contributed by atoms with Crippen LogP contribution in [0.3, 0.4) is 0 Å². The summed E-state index contributed by atoms with van der Waals surface area (Å²) in [5.74, 6) is 0.0272. The average Bonchev–Trinajstić information content (AvgIpc) is 3.33. The molecule has 1 amide bonds. The second-order valence-corrected chi connectivity index (χ2v) is 8.80. The lowest BCUT2D eigenvalue weighted by molar-refractivity contribution is 0.0783. The maximum Gasteiger partial charge on any atom is 0.257 e. The summed E-state index contributed by atoms with van der Waals surface area (Å²) in [6.45, 7) is 7.50. The number of aliphatic hydroxyl groups excluding tert-OH is 1. The highest BCUT2D eigenvalue weighted by atomic mass is 16.3. The fourth-order valence-electron chi connectivity index (χ4n) is 4.00. The van der Waals surface area contributed by atoms with Crippen LogP contribution < -0.4 is 5.56 Å². The van der Waals surface area contributed by atoms with E-state index < -0.39 is 0 Å². The molecule has 1 fully saturated rings. The number of nitrogens with one attached hydrogen (secondary N) is 1. The molecule has 1 aliphatic heterocycles. The molecule has 1 aromatic carbocycles. The molecule has 0 bridgehead atoms. The fraction of sp³-hybridized carbons (Fsp3) is 0.391. The second-order valence-electron chi connectivity index (χ2n) is 8.80. The van der Waals surface area contributed by atoms with E-state index in [1.807, 2.05) is 12.1 Å². The first kappa shape index (κ1) is 19.5. The van der Waals surface area contributed by atoms with Crippen LogP contribution in [-0.4, -0.2) is 40.6 Å². The summed E-state index contributed by atoms with van der Waals surface area (Å²) >= 11 is 0. The molecule has 2 aromatic heterocycles. The summed E-state index contributed by atoms with van der Waals surface area (Å²) in [7, 11) is 0. The van der Waals surface area contributed by atoms with Gasteiger partial charge in [-0.3, -0.25) is 9.59 Å². The van der Waals surface area contributed by atoms with Crippen LogP contribution in [0, 0.1) is 5.92 Å². The van der Waals surface area contributed by atoms with Crippen LogP contribution in [-0.2, 0) is 5.41 Å². The highest BCUT2D eigenvalue weighted by Gasteiger charge is 2.30. The molecule has 1 saturated heterocycles. The van der Waals surface area contributed by atoms with Gasteiger partial charge >= 0.3 is 0 Å². The molecule has 0 aliphatic carbocycles. The Morgan fingerprint density at radius 1 is 1.34 bits per heavy atom. The molecule has 1 atom stereocenters. The van der Waals surface area contributed by atoms with E-state index in [0.717, 1.165) is 17.5 Å². The first-order valence-electron chi connectivity index (χ1n) is 9.93. The molecule has 29 heavy (non-hydrogen) atoms. The summed E-state index contributed by atoms with van der Waals surface area (Å²) in [4.78, 5) is 30.0. The smallest absolute Gasteiger partial charge is 0.257 e. The van der Waals surface area contributed by atoms with Crippen molar-refractivity contribution in [3.05, 3.63) is 58.2 Å². The number of hydrogen-bond acceptors (Lipinski definition) is 4. The van der Waals surface area contributed by atoms with E-state index in [-0.39, 0.29) is 29.4 Å². The lowest BCUT2D eigenvalue weighted by Gasteiger charge is -2.21. The van der Waals surface area contributed by atoms with Crippen molar-refractivity contribution in [1.82, 2.24) is 9.88 Å². The third-order valence-corrected chi connectivity index (χ3v) is 5.67. The van der Waals surface area contributed by atoms with E-state index in [0.29, 0.717) is 35.2 Å². The van der Waals surface area contributed by atoms with Crippen molar-refractivity contribution in [3.63, 3.8) is 0 Å². The number of aliphatic hydroxyl groups is 1. The molecular weight excluding hydrogens is 368 g/mol. The second kappa shape index (κ2) is 7.19. The van der Waals surface area contributed by atoms with E-state index >= 15 is 0 Å². The molecule has 1 unspecified atom stereocenters. The summed E-state index contributed by atoms with van der Waals surface area (Å²) in [5.41, 5.74) is 3.03. The summed E-state index contributed by atoms with van der Waals surface area (Å²) < 4.78 is 5.88. The van der Waals surface area contributed by atoms with E-state index in [9.17, 15) is 14.7 Å². The van der Waals surface area contributed by atoms with Crippen molar-refractivity contribution < 1.29 is 14.3 Å². The molecule has 0 radical (unpaired) electrons. The van der Waals surface area contributed by atoms with Crippen LogP contribution in [0.4, 0.5) is 0 Å². The van der Waals surface area contributed by atoms with Crippen LogP contribution in [0.15, 0.2) is 45.9 Å². The van der Waals surface area contributed by atoms with Gasteiger partial charge < -0.3 is 19.4 Å². The Hall–Kier alpha value is -2.86. The van der Waals surface area contributed by atoms with Gasteiger partial charge in [0.1, 0.15) is 11.8 Å². The van der Waals surface area contributed by atoms with E-state index in [4.69, 9.17) is 4.42 Å². The number of rotatable bonds is 3. The van der Waals surface area contributed by atoms with Gasteiger partial charge in [-0.2, -0.15) is 0 Å². The van der Waals surface area contributed by atoms with Gasteiger partial charge in [0.25, 0.3) is 11.5 Å². The Morgan fingerprint density at radius 3 is 2.79 bits per heavy atom. The monoisotopic (exact) mass is 394 g/mol. The minimum Gasteiger partial charge on any atom is -0.463 e. The lowest BCUT2D eigenvalue weighted by Crippen LogP contribution is -2.29. The summed E-state index contributed by atoms with van der Waals surface area (Å²) in [6.07, 6.45) is 3.93. The zero-order chi connectivity index (χ0) is 20.8. The Kier molecular flexibility index (Phi) is 4.82. The molecule has 152 valence electrons. The standard InChI is InChI=1S/C23H26N2O4/c1-23(2,3)19-10-15(16-5-4-7-24-21(16)27)9-17-18(13-29-20(17)19)22(28)25-8-6-14(11-25)12-26/h4-5,7,9-10,13-14,26H,6,8,11-12H2,1-3H3,(H,24,27). The zero-order valence-electron chi connectivity index (χ0n) is 17.0. The Bertz CT molecular complexity index is 1120. The van der Waals surface area contributed by atoms with Crippen LogP contribution in [0.25, 0.3) is 22.1 Å². The number of furan rings is 1. The van der Waals surface area contributed by atoms with E-state index in [1.165, 1.54) is 6.26 Å². The predicted molar refractivity (Wildman–Crippen MR) is 112 cm³/mol. The summed E-state index contributed by atoms with van der Waals surface area (Å²) in [5, 5.41) is 10.1. The minimum absolute atomic E-state index is 0.0883. The summed E-state index contributed by atoms with van der Waals surface area (Å²) in [6, 6.07) is 7.41. The minimum atomic E-state index is -0.233. The largest absolute Gasteiger partial charge is 0.463 e. The normalized spacial score (nSPS) is 17.2. The Balaban J connectivity index is 1.88. The molecule has 3 heterocycles. The van der Waals surface area contributed by atoms with Crippen molar-refractivity contribution in [2.45, 2.75) is 32.6 Å². The van der Waals surface area contributed by atoms with Gasteiger partial charge in [-0.15, -0.1) is 0 Å². The van der Waals surface area contributed by atoms with E-state index in [2.05, 4.69) is 25.8 Å². The SMILES string of the molecule is CC(C)(C)c1cc(-c2ccc[nH]c2=O)cc2c(C(=O)N3CCC(CO)C3)coc12. The first-order chi connectivity index (χ1) is 13.8. The number of nitrogens with zero attached hydrogens (tertiary/aromatic N) is 1. The fourth-order valence-corrected chi connectivity index (χ4v) is 4.00. The van der Waals surface area contributed by atoms with Gasteiger partial charge in [-0.25, -0.2) is 0 Å². The number of aromatic nitrogens is 1. The number of pyridine rings is 1. The van der Waals surface area contributed by atoms with Crippen LogP contribution in [0.2, 0.25) is 0 Å². The van der Waals surface area contributed by atoms with Gasteiger partial charge in [0.05, 0.1) is 5.56 Å². The van der Waals surface area contributed by atoms with E-state index in [1.54, 1.807) is 23.2 Å². The number of carbonyl (C=O) groups is 1. The topological polar surface area (TPSA) is 86.5 Å². The number of fused-ring (bicyclic) bond motifs is 1. The maximum atomic E-state index is 13.2. The van der Waals surface area contributed by atoms with Crippen molar-refractivity contribution in [2.24, 2.45) is 5.92 Å². The third kappa shape index (κ3) is 3.49. The number of hydrogen-bond donors (Lipinski definition) is 2. The van der Waals surface area contributed by atoms with Gasteiger partial charge in [-0.05, 0) is 41.7 Å². The van der Waals surface area contributed by atoms with Crippen LogP contribution in [0.1, 0.15) is 43.1 Å². The van der Waals surface area contributed by atoms with Crippen molar-refractivity contribution in [1.29, 1.82) is 0 Å². The highest BCUT2D eigenvalue weighted by molar-refractivity contribution is 6.07. The molecule has 1 aliphatic rings. The quantitative estimate of drug-likeness (QED) is 0.711. The molecule has 6 nitrogen and oxygen atoms in total. The van der Waals surface area contributed by atoms with Gasteiger partial charge in [0.15, 0.2) is 0 Å². The number of benzene rings is 1. The van der Waals surface area contributed by atoms with Crippen LogP contribution in [0.5, 0.6) is 0 Å². The van der Waals surface area contributed by atoms with Crippen molar-refractivity contribution in [3.8, 4) is 11.1 Å². The predicted octanol–water partition coefficient (Wildman–Crippen LogP) is 3.54. The van der Waals surface area contributed by atoms with Gasteiger partial charge in [0.2, 0.25) is 0 Å².